The number of Topliss-reactive ketones (excluding diaryl/α,β-unsaturated/α-hetero) is 1. The van der Waals surface area contributed by atoms with Crippen LogP contribution in [0, 0.1) is 10.1 Å². The lowest BCUT2D eigenvalue weighted by Gasteiger charge is -2.33. The molecule has 7 heteroatoms. The van der Waals surface area contributed by atoms with Crippen LogP contribution in [0.1, 0.15) is 23.0 Å². The highest BCUT2D eigenvalue weighted by molar-refractivity contribution is 5.94. The molecule has 0 atom stereocenters. The third-order valence-electron chi connectivity index (χ3n) is 4.36. The molecule has 0 aliphatic carbocycles. The lowest BCUT2D eigenvalue weighted by molar-refractivity contribution is -0.915. The SMILES string of the molecule is CC(=O)c1ccc(N2CC[NH+](Cc3ccc([N+](=O)[O-])o3)CC2)cc1. The lowest BCUT2D eigenvalue weighted by Crippen LogP contribution is -3.13. The van der Waals surface area contributed by atoms with Gasteiger partial charge < -0.3 is 14.2 Å². The van der Waals surface area contributed by atoms with Gasteiger partial charge in [0, 0.05) is 11.3 Å². The van der Waals surface area contributed by atoms with Crippen LogP contribution in [0.2, 0.25) is 0 Å². The van der Waals surface area contributed by atoms with Crippen LogP contribution in [0.5, 0.6) is 0 Å². The van der Waals surface area contributed by atoms with E-state index in [-0.39, 0.29) is 11.7 Å². The van der Waals surface area contributed by atoms with Gasteiger partial charge in [0.05, 0.1) is 32.2 Å². The van der Waals surface area contributed by atoms with Crippen molar-refractivity contribution >= 4 is 17.4 Å². The van der Waals surface area contributed by atoms with Gasteiger partial charge in [0.2, 0.25) is 0 Å². The van der Waals surface area contributed by atoms with Crippen molar-refractivity contribution in [3.05, 3.63) is 57.8 Å². The van der Waals surface area contributed by atoms with Crippen LogP contribution in [0.25, 0.3) is 0 Å². The molecule has 0 radical (unpaired) electrons. The standard InChI is InChI=1S/C17H19N3O4/c1-13(21)14-2-4-15(5-3-14)19-10-8-18(9-11-19)12-16-6-7-17(24-16)20(22)23/h2-7H,8-12H2,1H3/p+1. The van der Waals surface area contributed by atoms with E-state index in [0.717, 1.165) is 37.4 Å². The average molecular weight is 330 g/mol. The van der Waals surface area contributed by atoms with Crippen molar-refractivity contribution in [2.24, 2.45) is 0 Å². The average Bonchev–Trinajstić information content (AvgIpc) is 3.04. The maximum absolute atomic E-state index is 11.3. The summed E-state index contributed by atoms with van der Waals surface area (Å²) in [6.07, 6.45) is 0. The van der Waals surface area contributed by atoms with Crippen LogP contribution in [0.3, 0.4) is 0 Å². The van der Waals surface area contributed by atoms with Gasteiger partial charge in [-0.3, -0.25) is 14.9 Å². The van der Waals surface area contributed by atoms with E-state index < -0.39 is 4.92 Å². The Kier molecular flexibility index (Phi) is 4.61. The summed E-state index contributed by atoms with van der Waals surface area (Å²) in [6.45, 7) is 5.89. The summed E-state index contributed by atoms with van der Waals surface area (Å²) in [6, 6.07) is 10.8. The van der Waals surface area contributed by atoms with E-state index in [4.69, 9.17) is 4.42 Å². The number of furan rings is 1. The molecular weight excluding hydrogens is 310 g/mol. The van der Waals surface area contributed by atoms with Crippen molar-refractivity contribution < 1.29 is 19.0 Å². The Morgan fingerprint density at radius 1 is 1.21 bits per heavy atom. The number of ketones is 1. The van der Waals surface area contributed by atoms with Crippen LogP contribution >= 0.6 is 0 Å². The molecule has 1 fully saturated rings. The first-order chi connectivity index (χ1) is 11.5. The second-order valence-corrected chi connectivity index (χ2v) is 6.01. The van der Waals surface area contributed by atoms with E-state index in [0.29, 0.717) is 12.3 Å². The summed E-state index contributed by atoms with van der Waals surface area (Å²) in [5, 5.41) is 10.6. The molecule has 0 amide bonds. The fourth-order valence-electron chi connectivity index (χ4n) is 2.97. The number of nitro groups is 1. The first-order valence-corrected chi connectivity index (χ1v) is 7.95. The molecule has 1 N–H and O–H groups in total. The number of benzene rings is 1. The number of carbonyl (C=O) groups is 1. The topological polar surface area (TPSA) is 81.0 Å². The van der Waals surface area contributed by atoms with Gasteiger partial charge in [-0.15, -0.1) is 0 Å². The monoisotopic (exact) mass is 330 g/mol. The van der Waals surface area contributed by atoms with E-state index in [1.54, 1.807) is 13.0 Å². The van der Waals surface area contributed by atoms with Gasteiger partial charge >= 0.3 is 5.88 Å². The van der Waals surface area contributed by atoms with E-state index in [2.05, 4.69) is 4.90 Å². The van der Waals surface area contributed by atoms with Gasteiger partial charge in [-0.25, -0.2) is 0 Å². The largest absolute Gasteiger partial charge is 0.433 e. The number of carbonyl (C=O) groups excluding carboxylic acids is 1. The van der Waals surface area contributed by atoms with Crippen LogP contribution in [-0.4, -0.2) is 36.9 Å². The van der Waals surface area contributed by atoms with Gasteiger partial charge in [0.15, 0.2) is 11.5 Å². The van der Waals surface area contributed by atoms with Crippen LogP contribution in [-0.2, 0) is 6.54 Å². The number of rotatable bonds is 5. The summed E-state index contributed by atoms with van der Waals surface area (Å²) in [4.78, 5) is 25.1. The van der Waals surface area contributed by atoms with Crippen molar-refractivity contribution in [1.29, 1.82) is 0 Å². The molecule has 1 saturated heterocycles. The van der Waals surface area contributed by atoms with Crippen molar-refractivity contribution in [3.8, 4) is 0 Å². The Hall–Kier alpha value is -2.67. The molecule has 0 spiro atoms. The second kappa shape index (κ2) is 6.84. The highest BCUT2D eigenvalue weighted by atomic mass is 16.6. The lowest BCUT2D eigenvalue weighted by atomic mass is 10.1. The number of anilines is 1. The number of quaternary nitrogens is 1. The maximum Gasteiger partial charge on any atom is 0.433 e. The summed E-state index contributed by atoms with van der Waals surface area (Å²) in [5.41, 5.74) is 1.84. The van der Waals surface area contributed by atoms with Crippen LogP contribution in [0.4, 0.5) is 11.6 Å². The molecule has 3 rings (SSSR count). The minimum atomic E-state index is -0.512. The Morgan fingerprint density at radius 2 is 1.88 bits per heavy atom. The van der Waals surface area contributed by atoms with Gasteiger partial charge in [0.25, 0.3) is 0 Å². The molecule has 0 saturated carbocycles. The summed E-state index contributed by atoms with van der Waals surface area (Å²) >= 11 is 0. The molecule has 0 bridgehead atoms. The molecule has 126 valence electrons. The Labute approximate surface area is 139 Å². The number of nitrogens with one attached hydrogen (secondary N) is 1. The summed E-state index contributed by atoms with van der Waals surface area (Å²) < 4.78 is 5.23. The highest BCUT2D eigenvalue weighted by Crippen LogP contribution is 2.17. The smallest absolute Gasteiger partial charge is 0.400 e. The molecule has 2 heterocycles. The van der Waals surface area contributed by atoms with E-state index in [9.17, 15) is 14.9 Å². The van der Waals surface area contributed by atoms with Crippen molar-refractivity contribution in [2.75, 3.05) is 31.1 Å². The van der Waals surface area contributed by atoms with Crippen molar-refractivity contribution in [3.63, 3.8) is 0 Å². The minimum Gasteiger partial charge on any atom is -0.400 e. The number of hydrogen-bond acceptors (Lipinski definition) is 5. The number of nitrogens with zero attached hydrogens (tertiary/aromatic N) is 2. The molecule has 7 nitrogen and oxygen atoms in total. The van der Waals surface area contributed by atoms with Gasteiger partial charge in [-0.1, -0.05) is 0 Å². The third kappa shape index (κ3) is 3.62. The molecule has 0 unspecified atom stereocenters. The predicted octanol–water partition coefficient (Wildman–Crippen LogP) is 1.30. The van der Waals surface area contributed by atoms with Gasteiger partial charge in [-0.2, -0.15) is 0 Å². The van der Waals surface area contributed by atoms with Gasteiger partial charge in [-0.05, 0) is 37.3 Å². The molecule has 1 aliphatic heterocycles. The van der Waals surface area contributed by atoms with Gasteiger partial charge in [0.1, 0.15) is 11.5 Å². The van der Waals surface area contributed by atoms with Crippen molar-refractivity contribution in [2.45, 2.75) is 13.5 Å². The predicted molar refractivity (Wildman–Crippen MR) is 88.4 cm³/mol. The molecular formula is C17H20N3O4+. The van der Waals surface area contributed by atoms with Crippen LogP contribution < -0.4 is 9.80 Å². The summed E-state index contributed by atoms with van der Waals surface area (Å²) in [5.74, 6) is 0.521. The maximum atomic E-state index is 11.3. The molecule has 2 aromatic rings. The van der Waals surface area contributed by atoms with Crippen molar-refractivity contribution in [1.82, 2.24) is 0 Å². The minimum absolute atomic E-state index is 0.0726. The molecule has 1 aromatic heterocycles. The van der Waals surface area contributed by atoms with E-state index in [1.807, 2.05) is 24.3 Å². The van der Waals surface area contributed by atoms with E-state index in [1.165, 1.54) is 11.0 Å². The van der Waals surface area contributed by atoms with Crippen LogP contribution in [0.15, 0.2) is 40.8 Å². The number of piperazine rings is 1. The fraction of sp³-hybridized carbons (Fsp3) is 0.353. The Bertz CT molecular complexity index is 731. The molecule has 1 aromatic carbocycles. The normalized spacial score (nSPS) is 15.5. The summed E-state index contributed by atoms with van der Waals surface area (Å²) in [7, 11) is 0. The zero-order valence-electron chi connectivity index (χ0n) is 13.5. The van der Waals surface area contributed by atoms with E-state index >= 15 is 0 Å². The fourth-order valence-corrected chi connectivity index (χ4v) is 2.97. The molecule has 24 heavy (non-hydrogen) atoms. The zero-order chi connectivity index (χ0) is 17.1. The third-order valence-corrected chi connectivity index (χ3v) is 4.36. The Balaban J connectivity index is 1.55. The first kappa shape index (κ1) is 16.2. The first-order valence-electron chi connectivity index (χ1n) is 7.95. The second-order valence-electron chi connectivity index (χ2n) is 6.01. The zero-order valence-corrected chi connectivity index (χ0v) is 13.5. The Morgan fingerprint density at radius 3 is 2.42 bits per heavy atom. The quantitative estimate of drug-likeness (QED) is 0.508. The number of hydrogen-bond donors (Lipinski definition) is 1. The highest BCUT2D eigenvalue weighted by Gasteiger charge is 2.22. The molecule has 1 aliphatic rings.